The minimum atomic E-state index is -0.469. The first-order valence-corrected chi connectivity index (χ1v) is 7.93. The predicted octanol–water partition coefficient (Wildman–Crippen LogP) is 3.36. The Kier molecular flexibility index (Phi) is 5.85. The molecule has 0 saturated heterocycles. The molecule has 1 amide bonds. The summed E-state index contributed by atoms with van der Waals surface area (Å²) in [7, 11) is 1.56. The molecule has 0 atom stereocenters. The molecule has 0 unspecified atom stereocenters. The Balaban J connectivity index is 2.10. The summed E-state index contributed by atoms with van der Waals surface area (Å²) in [6, 6.07) is 11.0. The highest BCUT2D eigenvalue weighted by Crippen LogP contribution is 2.21. The van der Waals surface area contributed by atoms with E-state index in [-0.39, 0.29) is 11.6 Å². The number of hydrogen-bond donors (Lipinski definition) is 1. The summed E-state index contributed by atoms with van der Waals surface area (Å²) < 4.78 is 5.97. The standard InChI is InChI=1S/C16H14IN3O4/c1-10(11-3-6-13(7-4-11)20(22)23)18-19-16(21)12-5-8-15(24-2)14(17)9-12/h3-9H,1-2H3,(H,19,21)/b18-10-. The molecule has 0 heterocycles. The van der Waals surface area contributed by atoms with Crippen LogP contribution in [0.5, 0.6) is 5.75 Å². The van der Waals surface area contributed by atoms with Gasteiger partial charge in [0.2, 0.25) is 0 Å². The van der Waals surface area contributed by atoms with Crippen LogP contribution in [-0.4, -0.2) is 23.7 Å². The number of halogens is 1. The summed E-state index contributed by atoms with van der Waals surface area (Å²) >= 11 is 2.08. The molecule has 0 bridgehead atoms. The quantitative estimate of drug-likeness (QED) is 0.335. The summed E-state index contributed by atoms with van der Waals surface area (Å²) in [5, 5.41) is 14.7. The first-order valence-electron chi connectivity index (χ1n) is 6.85. The molecule has 1 N–H and O–H groups in total. The van der Waals surface area contributed by atoms with Crippen molar-refractivity contribution in [2.45, 2.75) is 6.92 Å². The van der Waals surface area contributed by atoms with E-state index in [0.29, 0.717) is 22.6 Å². The highest BCUT2D eigenvalue weighted by molar-refractivity contribution is 14.1. The van der Waals surface area contributed by atoms with Crippen molar-refractivity contribution in [3.05, 3.63) is 67.3 Å². The number of nitrogens with one attached hydrogen (secondary N) is 1. The molecule has 124 valence electrons. The number of carbonyl (C=O) groups excluding carboxylic acids is 1. The molecule has 24 heavy (non-hydrogen) atoms. The van der Waals surface area contributed by atoms with Crippen LogP contribution in [0.1, 0.15) is 22.8 Å². The molecule has 0 aliphatic heterocycles. The van der Waals surface area contributed by atoms with E-state index >= 15 is 0 Å². The molecule has 0 aliphatic rings. The van der Waals surface area contributed by atoms with Crippen molar-refractivity contribution in [3.63, 3.8) is 0 Å². The Hall–Kier alpha value is -2.49. The number of carbonyl (C=O) groups is 1. The molecule has 7 nitrogen and oxygen atoms in total. The number of nitrogens with zero attached hydrogens (tertiary/aromatic N) is 2. The Bertz CT molecular complexity index is 803. The van der Waals surface area contributed by atoms with Crippen molar-refractivity contribution in [2.75, 3.05) is 7.11 Å². The van der Waals surface area contributed by atoms with Gasteiger partial charge in [-0.25, -0.2) is 5.43 Å². The van der Waals surface area contributed by atoms with Gasteiger partial charge in [0.15, 0.2) is 0 Å². The van der Waals surface area contributed by atoms with Gasteiger partial charge < -0.3 is 4.74 Å². The average molecular weight is 439 g/mol. The molecular formula is C16H14IN3O4. The molecule has 2 aromatic carbocycles. The Morgan fingerprint density at radius 1 is 1.21 bits per heavy atom. The summed E-state index contributed by atoms with van der Waals surface area (Å²) in [5.41, 5.74) is 4.16. The van der Waals surface area contributed by atoms with Crippen molar-refractivity contribution in [1.82, 2.24) is 5.43 Å². The molecular weight excluding hydrogens is 425 g/mol. The van der Waals surface area contributed by atoms with Crippen LogP contribution in [0.4, 0.5) is 5.69 Å². The fourth-order valence-corrected chi connectivity index (χ4v) is 2.63. The number of benzene rings is 2. The zero-order valence-corrected chi connectivity index (χ0v) is 15.1. The van der Waals surface area contributed by atoms with E-state index in [0.717, 1.165) is 3.57 Å². The summed E-state index contributed by atoms with van der Waals surface area (Å²) in [6.45, 7) is 1.71. The van der Waals surface area contributed by atoms with Crippen molar-refractivity contribution >= 4 is 39.9 Å². The van der Waals surface area contributed by atoms with Gasteiger partial charge in [0, 0.05) is 17.7 Å². The van der Waals surface area contributed by atoms with Gasteiger partial charge in [-0.3, -0.25) is 14.9 Å². The summed E-state index contributed by atoms with van der Waals surface area (Å²) in [4.78, 5) is 22.3. The summed E-state index contributed by atoms with van der Waals surface area (Å²) in [5.74, 6) is 0.342. The van der Waals surface area contributed by atoms with Gasteiger partial charge in [0.1, 0.15) is 5.75 Å². The van der Waals surface area contributed by atoms with Gasteiger partial charge in [-0.15, -0.1) is 0 Å². The second kappa shape index (κ2) is 7.86. The van der Waals surface area contributed by atoms with Crippen molar-refractivity contribution in [1.29, 1.82) is 0 Å². The predicted molar refractivity (Wildman–Crippen MR) is 98.5 cm³/mol. The SMILES string of the molecule is COc1ccc(C(=O)N/N=C(/C)c2ccc([N+](=O)[O-])cc2)cc1I. The average Bonchev–Trinajstić information content (AvgIpc) is 2.59. The number of nitro groups is 1. The largest absolute Gasteiger partial charge is 0.496 e. The fourth-order valence-electron chi connectivity index (χ4n) is 1.90. The van der Waals surface area contributed by atoms with E-state index in [2.05, 4.69) is 33.1 Å². The van der Waals surface area contributed by atoms with E-state index < -0.39 is 4.92 Å². The first kappa shape index (κ1) is 17.9. The molecule has 0 radical (unpaired) electrons. The van der Waals surface area contributed by atoms with Crippen LogP contribution in [0.25, 0.3) is 0 Å². The zero-order chi connectivity index (χ0) is 17.7. The van der Waals surface area contributed by atoms with Crippen LogP contribution in [0.2, 0.25) is 0 Å². The normalized spacial score (nSPS) is 11.0. The second-order valence-corrected chi connectivity index (χ2v) is 5.95. The number of amides is 1. The maximum absolute atomic E-state index is 12.1. The number of hydrogen-bond acceptors (Lipinski definition) is 5. The van der Waals surface area contributed by atoms with Gasteiger partial charge in [-0.1, -0.05) is 0 Å². The first-order chi connectivity index (χ1) is 11.4. The lowest BCUT2D eigenvalue weighted by atomic mass is 10.1. The molecule has 2 rings (SSSR count). The second-order valence-electron chi connectivity index (χ2n) is 4.79. The third-order valence-electron chi connectivity index (χ3n) is 3.24. The van der Waals surface area contributed by atoms with Crippen LogP contribution in [0.3, 0.4) is 0 Å². The lowest BCUT2D eigenvalue weighted by molar-refractivity contribution is -0.384. The number of rotatable bonds is 5. The molecule has 2 aromatic rings. The fraction of sp³-hybridized carbons (Fsp3) is 0.125. The van der Waals surface area contributed by atoms with Gasteiger partial charge in [-0.05, 0) is 65.4 Å². The smallest absolute Gasteiger partial charge is 0.271 e. The molecule has 0 aromatic heterocycles. The Morgan fingerprint density at radius 3 is 2.38 bits per heavy atom. The van der Waals surface area contributed by atoms with E-state index in [1.165, 1.54) is 12.1 Å². The highest BCUT2D eigenvalue weighted by atomic mass is 127. The minimum absolute atomic E-state index is 0.00314. The number of ether oxygens (including phenoxy) is 1. The third kappa shape index (κ3) is 4.28. The van der Waals surface area contributed by atoms with E-state index in [1.807, 2.05) is 0 Å². The lowest BCUT2D eigenvalue weighted by Gasteiger charge is -2.06. The zero-order valence-electron chi connectivity index (χ0n) is 12.9. The lowest BCUT2D eigenvalue weighted by Crippen LogP contribution is -2.19. The maximum atomic E-state index is 12.1. The minimum Gasteiger partial charge on any atom is -0.496 e. The van der Waals surface area contributed by atoms with Crippen LogP contribution in [-0.2, 0) is 0 Å². The van der Waals surface area contributed by atoms with Crippen LogP contribution < -0.4 is 10.2 Å². The topological polar surface area (TPSA) is 93.8 Å². The molecule has 0 aliphatic carbocycles. The Labute approximate surface area is 152 Å². The van der Waals surface area contributed by atoms with Crippen molar-refractivity contribution < 1.29 is 14.5 Å². The van der Waals surface area contributed by atoms with E-state index in [9.17, 15) is 14.9 Å². The number of non-ortho nitro benzene ring substituents is 1. The molecule has 0 spiro atoms. The van der Waals surface area contributed by atoms with Crippen LogP contribution in [0, 0.1) is 13.7 Å². The number of nitro benzene ring substituents is 1. The van der Waals surface area contributed by atoms with Gasteiger partial charge in [-0.2, -0.15) is 5.10 Å². The van der Waals surface area contributed by atoms with Crippen molar-refractivity contribution in [3.8, 4) is 5.75 Å². The van der Waals surface area contributed by atoms with E-state index in [1.54, 1.807) is 44.4 Å². The monoisotopic (exact) mass is 439 g/mol. The van der Waals surface area contributed by atoms with E-state index in [4.69, 9.17) is 4.74 Å². The van der Waals surface area contributed by atoms with Gasteiger partial charge in [0.05, 0.1) is 21.3 Å². The van der Waals surface area contributed by atoms with Crippen molar-refractivity contribution in [2.24, 2.45) is 5.10 Å². The highest BCUT2D eigenvalue weighted by Gasteiger charge is 2.09. The maximum Gasteiger partial charge on any atom is 0.271 e. The summed E-state index contributed by atoms with van der Waals surface area (Å²) in [6.07, 6.45) is 0. The number of methoxy groups -OCH3 is 1. The van der Waals surface area contributed by atoms with Gasteiger partial charge in [0.25, 0.3) is 11.6 Å². The van der Waals surface area contributed by atoms with Gasteiger partial charge >= 0.3 is 0 Å². The van der Waals surface area contributed by atoms with Crippen LogP contribution >= 0.6 is 22.6 Å². The molecule has 8 heteroatoms. The molecule has 0 fully saturated rings. The Morgan fingerprint density at radius 2 is 1.83 bits per heavy atom. The number of hydrazone groups is 1. The van der Waals surface area contributed by atoms with Crippen LogP contribution in [0.15, 0.2) is 47.6 Å². The third-order valence-corrected chi connectivity index (χ3v) is 4.08. The molecule has 0 saturated carbocycles.